The molecule has 1 aromatic heterocycles. The molecule has 0 aromatic carbocycles. The Hall–Kier alpha value is -0.740. The summed E-state index contributed by atoms with van der Waals surface area (Å²) >= 11 is 1.66. The molecular weight excluding hydrogens is 208 g/mol. The third kappa shape index (κ3) is 4.10. The number of nitrogens with zero attached hydrogens (tertiary/aromatic N) is 1. The Morgan fingerprint density at radius 3 is 2.87 bits per heavy atom. The van der Waals surface area contributed by atoms with E-state index in [4.69, 9.17) is 0 Å². The molecule has 1 rings (SSSR count). The van der Waals surface area contributed by atoms with E-state index in [1.54, 1.807) is 18.0 Å². The summed E-state index contributed by atoms with van der Waals surface area (Å²) in [5, 5.41) is 12.8. The maximum absolute atomic E-state index is 9.40. The maximum atomic E-state index is 9.40. The Labute approximate surface area is 95.3 Å². The van der Waals surface area contributed by atoms with E-state index in [1.165, 1.54) is 0 Å². The molecule has 0 saturated heterocycles. The molecule has 2 N–H and O–H groups in total. The number of aromatic nitrogens is 1. The van der Waals surface area contributed by atoms with Gasteiger partial charge in [-0.15, -0.1) is 11.8 Å². The van der Waals surface area contributed by atoms with Crippen molar-refractivity contribution in [1.29, 1.82) is 0 Å². The van der Waals surface area contributed by atoms with E-state index in [9.17, 15) is 5.11 Å². The summed E-state index contributed by atoms with van der Waals surface area (Å²) < 4.78 is 0. The monoisotopic (exact) mass is 226 g/mol. The molecule has 2 unspecified atom stereocenters. The highest BCUT2D eigenvalue weighted by molar-refractivity contribution is 8.00. The number of pyridine rings is 1. The van der Waals surface area contributed by atoms with E-state index in [0.29, 0.717) is 0 Å². The fourth-order valence-electron chi connectivity index (χ4n) is 1.08. The summed E-state index contributed by atoms with van der Waals surface area (Å²) in [6, 6.07) is 3.97. The van der Waals surface area contributed by atoms with Gasteiger partial charge >= 0.3 is 0 Å². The molecule has 15 heavy (non-hydrogen) atoms. The lowest BCUT2D eigenvalue weighted by atomic mass is 10.3. The number of hydrogen-bond acceptors (Lipinski definition) is 4. The maximum Gasteiger partial charge on any atom is 0.126 e. The molecule has 4 heteroatoms. The first-order chi connectivity index (χ1) is 7.13. The Bertz CT molecular complexity index is 304. The smallest absolute Gasteiger partial charge is 0.126 e. The van der Waals surface area contributed by atoms with Crippen LogP contribution in [0.2, 0.25) is 0 Å². The summed E-state index contributed by atoms with van der Waals surface area (Å²) in [7, 11) is 0. The Morgan fingerprint density at radius 2 is 2.27 bits per heavy atom. The van der Waals surface area contributed by atoms with E-state index in [2.05, 4.69) is 10.3 Å². The van der Waals surface area contributed by atoms with Crippen molar-refractivity contribution in [1.82, 2.24) is 4.98 Å². The summed E-state index contributed by atoms with van der Waals surface area (Å²) in [5.74, 6) is 0.889. The van der Waals surface area contributed by atoms with Crippen molar-refractivity contribution in [3.63, 3.8) is 0 Å². The number of aliphatic hydroxyl groups excluding tert-OH is 1. The number of hydrogen-bond donors (Lipinski definition) is 2. The minimum atomic E-state index is -0.300. The first-order valence-electron chi connectivity index (χ1n) is 5.18. The van der Waals surface area contributed by atoms with Crippen LogP contribution in [0.15, 0.2) is 23.2 Å². The van der Waals surface area contributed by atoms with Crippen molar-refractivity contribution in [2.24, 2.45) is 0 Å². The predicted octanol–water partition coefficient (Wildman–Crippen LogP) is 2.37. The predicted molar refractivity (Wildman–Crippen MR) is 65.4 cm³/mol. The van der Waals surface area contributed by atoms with Gasteiger partial charge in [0.25, 0.3) is 0 Å². The number of thioether (sulfide) groups is 1. The van der Waals surface area contributed by atoms with Crippen molar-refractivity contribution in [3.8, 4) is 0 Å². The molecule has 0 aliphatic carbocycles. The van der Waals surface area contributed by atoms with E-state index < -0.39 is 0 Å². The average Bonchev–Trinajstić information content (AvgIpc) is 2.18. The summed E-state index contributed by atoms with van der Waals surface area (Å²) in [4.78, 5) is 5.33. The highest BCUT2D eigenvalue weighted by Crippen LogP contribution is 2.26. The molecule has 0 aliphatic heterocycles. The van der Waals surface area contributed by atoms with Crippen LogP contribution in [-0.2, 0) is 0 Å². The first-order valence-corrected chi connectivity index (χ1v) is 6.06. The molecule has 0 radical (unpaired) electrons. The molecule has 84 valence electrons. The molecule has 1 heterocycles. The molecule has 0 amide bonds. The van der Waals surface area contributed by atoms with Crippen LogP contribution in [0, 0.1) is 0 Å². The Kier molecular flexibility index (Phi) is 4.91. The normalized spacial score (nSPS) is 14.7. The molecule has 3 nitrogen and oxygen atoms in total. The van der Waals surface area contributed by atoms with Crippen LogP contribution in [0.25, 0.3) is 0 Å². The van der Waals surface area contributed by atoms with Gasteiger partial charge in [-0.2, -0.15) is 0 Å². The lowest BCUT2D eigenvalue weighted by Crippen LogP contribution is -2.14. The minimum absolute atomic E-state index is 0.196. The molecule has 0 spiro atoms. The van der Waals surface area contributed by atoms with Gasteiger partial charge in [0.2, 0.25) is 0 Å². The van der Waals surface area contributed by atoms with Gasteiger partial charge in [-0.1, -0.05) is 6.92 Å². The highest BCUT2D eigenvalue weighted by Gasteiger charge is 2.10. The molecule has 0 aliphatic rings. The number of anilines is 1. The second-order valence-electron chi connectivity index (χ2n) is 3.47. The van der Waals surface area contributed by atoms with Gasteiger partial charge in [-0.25, -0.2) is 4.98 Å². The molecule has 2 atom stereocenters. The van der Waals surface area contributed by atoms with E-state index in [0.717, 1.165) is 17.3 Å². The van der Waals surface area contributed by atoms with Crippen LogP contribution < -0.4 is 5.32 Å². The second-order valence-corrected chi connectivity index (χ2v) is 4.92. The van der Waals surface area contributed by atoms with Crippen LogP contribution in [-0.4, -0.2) is 28.0 Å². The fraction of sp³-hybridized carbons (Fsp3) is 0.545. The fourth-order valence-corrected chi connectivity index (χ4v) is 2.02. The quantitative estimate of drug-likeness (QED) is 0.757. The lowest BCUT2D eigenvalue weighted by Gasteiger charge is -2.14. The van der Waals surface area contributed by atoms with Gasteiger partial charge in [0, 0.05) is 22.9 Å². The van der Waals surface area contributed by atoms with E-state index in [-0.39, 0.29) is 11.4 Å². The third-order valence-electron chi connectivity index (χ3n) is 2.09. The van der Waals surface area contributed by atoms with Crippen LogP contribution >= 0.6 is 11.8 Å². The van der Waals surface area contributed by atoms with Crippen molar-refractivity contribution in [3.05, 3.63) is 18.3 Å². The number of nitrogens with one attached hydrogen (secondary N) is 1. The average molecular weight is 226 g/mol. The van der Waals surface area contributed by atoms with Crippen LogP contribution in [0.4, 0.5) is 5.82 Å². The molecular formula is C11H18N2OS. The van der Waals surface area contributed by atoms with Gasteiger partial charge in [0.1, 0.15) is 5.82 Å². The zero-order chi connectivity index (χ0) is 11.3. The standard InChI is InChI=1S/C11H18N2OS/c1-4-12-11-7-10(5-6-13-11)15-9(3)8(2)14/h5-9,14H,4H2,1-3H3,(H,12,13). The van der Waals surface area contributed by atoms with Gasteiger partial charge in [-0.3, -0.25) is 0 Å². The number of rotatable bonds is 5. The van der Waals surface area contributed by atoms with Gasteiger partial charge in [0.05, 0.1) is 6.10 Å². The van der Waals surface area contributed by atoms with Crippen LogP contribution in [0.5, 0.6) is 0 Å². The Balaban J connectivity index is 2.64. The van der Waals surface area contributed by atoms with E-state index >= 15 is 0 Å². The first kappa shape index (κ1) is 12.3. The van der Waals surface area contributed by atoms with Crippen LogP contribution in [0.3, 0.4) is 0 Å². The highest BCUT2D eigenvalue weighted by atomic mass is 32.2. The zero-order valence-electron chi connectivity index (χ0n) is 9.40. The summed E-state index contributed by atoms with van der Waals surface area (Å²) in [5.41, 5.74) is 0. The Morgan fingerprint density at radius 1 is 1.53 bits per heavy atom. The van der Waals surface area contributed by atoms with E-state index in [1.807, 2.05) is 32.9 Å². The summed E-state index contributed by atoms with van der Waals surface area (Å²) in [6.07, 6.45) is 1.49. The SMILES string of the molecule is CCNc1cc(SC(C)C(C)O)ccn1. The van der Waals surface area contributed by atoms with Gasteiger partial charge in [-0.05, 0) is 26.0 Å². The third-order valence-corrected chi connectivity index (χ3v) is 3.38. The second kappa shape index (κ2) is 5.98. The summed E-state index contributed by atoms with van der Waals surface area (Å²) in [6.45, 7) is 6.74. The molecule has 0 fully saturated rings. The molecule has 1 aromatic rings. The van der Waals surface area contributed by atoms with Crippen LogP contribution in [0.1, 0.15) is 20.8 Å². The lowest BCUT2D eigenvalue weighted by molar-refractivity contribution is 0.196. The largest absolute Gasteiger partial charge is 0.392 e. The number of aliphatic hydroxyl groups is 1. The van der Waals surface area contributed by atoms with Crippen molar-refractivity contribution < 1.29 is 5.11 Å². The van der Waals surface area contributed by atoms with Gasteiger partial charge < -0.3 is 10.4 Å². The van der Waals surface area contributed by atoms with Gasteiger partial charge in [0.15, 0.2) is 0 Å². The van der Waals surface area contributed by atoms with Crippen molar-refractivity contribution in [2.75, 3.05) is 11.9 Å². The minimum Gasteiger partial charge on any atom is -0.392 e. The topological polar surface area (TPSA) is 45.1 Å². The van der Waals surface area contributed by atoms with Crippen molar-refractivity contribution >= 4 is 17.6 Å². The zero-order valence-corrected chi connectivity index (χ0v) is 10.2. The van der Waals surface area contributed by atoms with Crippen molar-refractivity contribution in [2.45, 2.75) is 37.0 Å². The molecule has 0 saturated carbocycles. The molecule has 0 bridgehead atoms.